The van der Waals surface area contributed by atoms with Crippen LogP contribution in [0.2, 0.25) is 0 Å². The van der Waals surface area contributed by atoms with E-state index in [0.717, 1.165) is 19.8 Å². The van der Waals surface area contributed by atoms with Crippen LogP contribution in [0.25, 0.3) is 0 Å². The fourth-order valence-corrected chi connectivity index (χ4v) is 2.81. The van der Waals surface area contributed by atoms with Gasteiger partial charge in [0.2, 0.25) is 0 Å². The molecule has 1 unspecified atom stereocenters. The summed E-state index contributed by atoms with van der Waals surface area (Å²) in [5.41, 5.74) is 3.06. The van der Waals surface area contributed by atoms with Gasteiger partial charge in [0.25, 0.3) is 0 Å². The Morgan fingerprint density at radius 3 is 2.44 bits per heavy atom. The molecule has 2 heteroatoms. The number of ether oxygens (including phenoxy) is 1. The zero-order valence-corrected chi connectivity index (χ0v) is 11.6. The van der Waals surface area contributed by atoms with Crippen molar-refractivity contribution in [2.75, 3.05) is 19.8 Å². The molecule has 1 N–H and O–H groups in total. The molecular formula is C16H25NO. The number of benzene rings is 1. The van der Waals surface area contributed by atoms with Crippen molar-refractivity contribution in [1.29, 1.82) is 0 Å². The summed E-state index contributed by atoms with van der Waals surface area (Å²) in [5, 5.41) is 3.66. The molecule has 1 aromatic carbocycles. The van der Waals surface area contributed by atoms with Crippen LogP contribution in [0.15, 0.2) is 24.3 Å². The Morgan fingerprint density at radius 1 is 1.22 bits per heavy atom. The van der Waals surface area contributed by atoms with Gasteiger partial charge in [-0.15, -0.1) is 0 Å². The van der Waals surface area contributed by atoms with Gasteiger partial charge in [-0.3, -0.25) is 0 Å². The monoisotopic (exact) mass is 247 g/mol. The van der Waals surface area contributed by atoms with Gasteiger partial charge in [0.05, 0.1) is 6.61 Å². The van der Waals surface area contributed by atoms with Crippen molar-refractivity contribution in [3.05, 3.63) is 35.4 Å². The highest BCUT2D eigenvalue weighted by Gasteiger charge is 2.28. The van der Waals surface area contributed by atoms with Gasteiger partial charge in [-0.05, 0) is 49.8 Å². The third-order valence-electron chi connectivity index (χ3n) is 3.81. The van der Waals surface area contributed by atoms with Crippen molar-refractivity contribution in [2.45, 2.75) is 39.2 Å². The van der Waals surface area contributed by atoms with Crippen LogP contribution in [-0.2, 0) is 17.6 Å². The highest BCUT2D eigenvalue weighted by Crippen LogP contribution is 2.28. The average molecular weight is 247 g/mol. The Hall–Kier alpha value is -0.860. The minimum absolute atomic E-state index is 0.498. The molecule has 0 amide bonds. The maximum absolute atomic E-state index is 5.64. The number of rotatable bonds is 7. The molecule has 0 heterocycles. The molecule has 0 spiro atoms. The third-order valence-corrected chi connectivity index (χ3v) is 3.81. The quantitative estimate of drug-likeness (QED) is 0.800. The molecule has 0 aromatic heterocycles. The molecule has 100 valence electrons. The Kier molecular flexibility index (Phi) is 5.21. The second-order valence-corrected chi connectivity index (χ2v) is 5.16. The molecule has 0 aliphatic heterocycles. The molecule has 0 saturated carbocycles. The van der Waals surface area contributed by atoms with Crippen molar-refractivity contribution >= 4 is 0 Å². The molecule has 2 rings (SSSR count). The summed E-state index contributed by atoms with van der Waals surface area (Å²) in [6.07, 6.45) is 3.58. The molecular weight excluding hydrogens is 222 g/mol. The highest BCUT2D eigenvalue weighted by molar-refractivity contribution is 5.32. The number of nitrogens with one attached hydrogen (secondary N) is 1. The molecule has 1 aliphatic carbocycles. The van der Waals surface area contributed by atoms with E-state index in [9.17, 15) is 0 Å². The van der Waals surface area contributed by atoms with Crippen LogP contribution in [0.3, 0.4) is 0 Å². The largest absolute Gasteiger partial charge is 0.380 e. The van der Waals surface area contributed by atoms with Gasteiger partial charge in [-0.25, -0.2) is 0 Å². The molecule has 0 radical (unpaired) electrons. The van der Waals surface area contributed by atoms with Crippen LogP contribution < -0.4 is 5.32 Å². The average Bonchev–Trinajstić information content (AvgIpc) is 2.82. The van der Waals surface area contributed by atoms with Crippen molar-refractivity contribution in [3.63, 3.8) is 0 Å². The van der Waals surface area contributed by atoms with E-state index in [-0.39, 0.29) is 0 Å². The predicted molar refractivity (Wildman–Crippen MR) is 75.9 cm³/mol. The lowest BCUT2D eigenvalue weighted by Gasteiger charge is -2.24. The van der Waals surface area contributed by atoms with Gasteiger partial charge in [0, 0.05) is 12.6 Å². The summed E-state index contributed by atoms with van der Waals surface area (Å²) in [6.45, 7) is 7.03. The van der Waals surface area contributed by atoms with Crippen molar-refractivity contribution in [2.24, 2.45) is 5.92 Å². The molecule has 0 bridgehead atoms. The first kappa shape index (κ1) is 13.6. The Morgan fingerprint density at radius 2 is 1.89 bits per heavy atom. The van der Waals surface area contributed by atoms with Gasteiger partial charge in [0.1, 0.15) is 0 Å². The minimum Gasteiger partial charge on any atom is -0.380 e. The van der Waals surface area contributed by atoms with Crippen molar-refractivity contribution in [3.8, 4) is 0 Å². The Bertz CT molecular complexity index is 331. The fourth-order valence-electron chi connectivity index (χ4n) is 2.81. The van der Waals surface area contributed by atoms with Gasteiger partial charge in [-0.1, -0.05) is 31.2 Å². The maximum Gasteiger partial charge on any atom is 0.0622 e. The minimum atomic E-state index is 0.498. The van der Waals surface area contributed by atoms with E-state index in [1.807, 2.05) is 0 Å². The van der Waals surface area contributed by atoms with Crippen LogP contribution in [0.4, 0.5) is 0 Å². The van der Waals surface area contributed by atoms with E-state index >= 15 is 0 Å². The Balaban J connectivity index is 1.96. The first-order valence-electron chi connectivity index (χ1n) is 7.23. The predicted octanol–water partition coefficient (Wildman–Crippen LogP) is 2.81. The molecule has 0 saturated heterocycles. The first-order valence-corrected chi connectivity index (χ1v) is 7.23. The molecule has 0 fully saturated rings. The second kappa shape index (κ2) is 6.91. The van der Waals surface area contributed by atoms with E-state index in [1.54, 1.807) is 0 Å². The first-order chi connectivity index (χ1) is 8.85. The molecule has 1 aliphatic rings. The summed E-state index contributed by atoms with van der Waals surface area (Å²) in [6, 6.07) is 9.34. The Labute approximate surface area is 111 Å². The molecule has 1 aromatic rings. The number of hydrogen-bond acceptors (Lipinski definition) is 2. The summed E-state index contributed by atoms with van der Waals surface area (Å²) < 4.78 is 5.64. The van der Waals surface area contributed by atoms with Crippen LogP contribution in [0.1, 0.15) is 31.4 Å². The smallest absolute Gasteiger partial charge is 0.0622 e. The SMILES string of the molecule is CCCNC(COCC)C1Cc2ccccc2C1. The lowest BCUT2D eigenvalue weighted by molar-refractivity contribution is 0.104. The highest BCUT2D eigenvalue weighted by atomic mass is 16.5. The van der Waals surface area contributed by atoms with Crippen LogP contribution in [0, 0.1) is 5.92 Å². The fraction of sp³-hybridized carbons (Fsp3) is 0.625. The van der Waals surface area contributed by atoms with Gasteiger partial charge in [-0.2, -0.15) is 0 Å². The van der Waals surface area contributed by atoms with E-state index in [0.29, 0.717) is 12.0 Å². The zero-order valence-electron chi connectivity index (χ0n) is 11.6. The van der Waals surface area contributed by atoms with E-state index < -0.39 is 0 Å². The topological polar surface area (TPSA) is 21.3 Å². The van der Waals surface area contributed by atoms with E-state index in [4.69, 9.17) is 4.74 Å². The van der Waals surface area contributed by atoms with Gasteiger partial charge >= 0.3 is 0 Å². The molecule has 2 nitrogen and oxygen atoms in total. The standard InChI is InChI=1S/C16H25NO/c1-3-9-17-16(12-18-4-2)15-10-13-7-5-6-8-14(13)11-15/h5-8,15-17H,3-4,9-12H2,1-2H3. The second-order valence-electron chi connectivity index (χ2n) is 5.16. The maximum atomic E-state index is 5.64. The van der Waals surface area contributed by atoms with E-state index in [1.165, 1.54) is 30.4 Å². The van der Waals surface area contributed by atoms with Crippen molar-refractivity contribution < 1.29 is 4.74 Å². The van der Waals surface area contributed by atoms with Crippen LogP contribution >= 0.6 is 0 Å². The van der Waals surface area contributed by atoms with E-state index in [2.05, 4.69) is 43.4 Å². The molecule has 18 heavy (non-hydrogen) atoms. The van der Waals surface area contributed by atoms with Gasteiger partial charge in [0.15, 0.2) is 0 Å². The lowest BCUT2D eigenvalue weighted by atomic mass is 9.97. The normalized spacial score (nSPS) is 16.8. The zero-order chi connectivity index (χ0) is 12.8. The summed E-state index contributed by atoms with van der Waals surface area (Å²) in [5.74, 6) is 0.695. The summed E-state index contributed by atoms with van der Waals surface area (Å²) in [4.78, 5) is 0. The third kappa shape index (κ3) is 3.33. The summed E-state index contributed by atoms with van der Waals surface area (Å²) in [7, 11) is 0. The number of fused-ring (bicyclic) bond motifs is 1. The van der Waals surface area contributed by atoms with Gasteiger partial charge < -0.3 is 10.1 Å². The lowest BCUT2D eigenvalue weighted by Crippen LogP contribution is -2.41. The summed E-state index contributed by atoms with van der Waals surface area (Å²) >= 11 is 0. The van der Waals surface area contributed by atoms with Crippen LogP contribution in [0.5, 0.6) is 0 Å². The number of hydrogen-bond donors (Lipinski definition) is 1. The molecule has 1 atom stereocenters. The van der Waals surface area contributed by atoms with Crippen molar-refractivity contribution in [1.82, 2.24) is 5.32 Å². The van der Waals surface area contributed by atoms with Crippen LogP contribution in [-0.4, -0.2) is 25.8 Å².